The van der Waals surface area contributed by atoms with Gasteiger partial charge in [0.1, 0.15) is 4.84 Å². The van der Waals surface area contributed by atoms with Crippen molar-refractivity contribution in [3.05, 3.63) is 24.3 Å². The van der Waals surface area contributed by atoms with Crippen LogP contribution in [0.4, 0.5) is 0 Å². The summed E-state index contributed by atoms with van der Waals surface area (Å²) in [6.07, 6.45) is 9.31. The fraction of sp³-hybridized carbons (Fsp3) is 0.500. The highest BCUT2D eigenvalue weighted by Crippen LogP contribution is 2.24. The van der Waals surface area contributed by atoms with Crippen LogP contribution >= 0.6 is 23.2 Å². The van der Waals surface area contributed by atoms with Crippen LogP contribution in [-0.2, 0) is 0 Å². The van der Waals surface area contributed by atoms with Crippen LogP contribution in [0.3, 0.4) is 0 Å². The van der Waals surface area contributed by atoms with Gasteiger partial charge in [0.15, 0.2) is 0 Å². The van der Waals surface area contributed by atoms with E-state index >= 15 is 0 Å². The summed E-state index contributed by atoms with van der Waals surface area (Å²) in [5, 5.41) is 0. The third kappa shape index (κ3) is 2.86. The van der Waals surface area contributed by atoms with Crippen LogP contribution in [-0.4, -0.2) is 10.4 Å². The molecule has 0 aliphatic heterocycles. The molecule has 0 heterocycles. The van der Waals surface area contributed by atoms with Crippen molar-refractivity contribution in [3.8, 4) is 0 Å². The van der Waals surface area contributed by atoms with Gasteiger partial charge >= 0.3 is 0 Å². The largest absolute Gasteiger partial charge is 0.322 e. The Bertz CT molecular complexity index is 187. The van der Waals surface area contributed by atoms with Crippen molar-refractivity contribution in [1.82, 2.24) is 0 Å². The minimum Gasteiger partial charge on any atom is -0.322 e. The number of allylic oxidation sites excluding steroid dienone is 2. The van der Waals surface area contributed by atoms with E-state index in [0.29, 0.717) is 6.42 Å². The first-order valence-electron chi connectivity index (χ1n) is 3.54. The van der Waals surface area contributed by atoms with Crippen molar-refractivity contribution in [2.75, 3.05) is 0 Å². The van der Waals surface area contributed by atoms with Crippen LogP contribution in [0.1, 0.15) is 12.8 Å². The molecule has 0 spiro atoms. The molecule has 1 rings (SSSR count). The lowest BCUT2D eigenvalue weighted by atomic mass is 9.90. The summed E-state index contributed by atoms with van der Waals surface area (Å²) in [7, 11) is 0. The number of halogens is 2. The number of rotatable bonds is 2. The van der Waals surface area contributed by atoms with E-state index in [1.54, 1.807) is 0 Å². The molecule has 1 unspecified atom stereocenters. The lowest BCUT2D eigenvalue weighted by Crippen LogP contribution is -2.39. The van der Waals surface area contributed by atoms with Gasteiger partial charge in [-0.1, -0.05) is 24.3 Å². The number of nitrogens with two attached hydrogens (primary N) is 1. The molecule has 0 aromatic rings. The van der Waals surface area contributed by atoms with Gasteiger partial charge in [-0.3, -0.25) is 0 Å². The summed E-state index contributed by atoms with van der Waals surface area (Å²) in [4.78, 5) is -0.379. The minimum atomic E-state index is -0.379. The van der Waals surface area contributed by atoms with Crippen LogP contribution in [0.2, 0.25) is 0 Å². The van der Waals surface area contributed by atoms with Gasteiger partial charge in [-0.25, -0.2) is 0 Å². The molecule has 1 atom stereocenters. The Kier molecular flexibility index (Phi) is 2.99. The van der Waals surface area contributed by atoms with Crippen LogP contribution in [0.5, 0.6) is 0 Å². The Morgan fingerprint density at radius 3 is 2.64 bits per heavy atom. The molecule has 62 valence electrons. The molecule has 1 aliphatic carbocycles. The number of hydrogen-bond donors (Lipinski definition) is 1. The molecule has 0 fully saturated rings. The maximum Gasteiger partial charge on any atom is 0.109 e. The Balaban J connectivity index is 2.54. The van der Waals surface area contributed by atoms with Gasteiger partial charge in [0.25, 0.3) is 0 Å². The van der Waals surface area contributed by atoms with Gasteiger partial charge < -0.3 is 5.73 Å². The molecule has 0 saturated carbocycles. The van der Waals surface area contributed by atoms with Crippen LogP contribution < -0.4 is 5.73 Å². The molecule has 0 aromatic heterocycles. The Hall–Kier alpha value is 0.0200. The third-order valence-electron chi connectivity index (χ3n) is 1.71. The molecule has 0 amide bonds. The fourth-order valence-electron chi connectivity index (χ4n) is 1.12. The van der Waals surface area contributed by atoms with E-state index in [4.69, 9.17) is 28.9 Å². The molecule has 1 nitrogen and oxygen atoms in total. The Morgan fingerprint density at radius 1 is 1.45 bits per heavy atom. The van der Waals surface area contributed by atoms with E-state index in [1.165, 1.54) is 0 Å². The van der Waals surface area contributed by atoms with E-state index < -0.39 is 0 Å². The highest BCUT2D eigenvalue weighted by molar-refractivity contribution is 6.44. The molecule has 3 heteroatoms. The summed E-state index contributed by atoms with van der Waals surface area (Å²) >= 11 is 11.3. The highest BCUT2D eigenvalue weighted by Gasteiger charge is 2.23. The zero-order valence-electron chi connectivity index (χ0n) is 6.13. The molecule has 11 heavy (non-hydrogen) atoms. The zero-order chi connectivity index (χ0) is 8.32. The average Bonchev–Trinajstić information content (AvgIpc) is 1.85. The summed E-state index contributed by atoms with van der Waals surface area (Å²) in [6, 6.07) is 0. The lowest BCUT2D eigenvalue weighted by Gasteiger charge is -2.26. The highest BCUT2D eigenvalue weighted by atomic mass is 35.5. The average molecular weight is 192 g/mol. The normalized spacial score (nSPS) is 29.8. The minimum absolute atomic E-state index is 0.330. The van der Waals surface area contributed by atoms with Gasteiger partial charge in [0.2, 0.25) is 0 Å². The zero-order valence-corrected chi connectivity index (χ0v) is 7.65. The van der Waals surface area contributed by atoms with Crippen molar-refractivity contribution in [2.24, 2.45) is 5.73 Å². The van der Waals surface area contributed by atoms with Gasteiger partial charge in [-0.2, -0.15) is 0 Å². The molecular formula is C8H11Cl2N. The van der Waals surface area contributed by atoms with Gasteiger partial charge in [-0.15, -0.1) is 23.2 Å². The van der Waals surface area contributed by atoms with Crippen molar-refractivity contribution in [2.45, 2.75) is 23.2 Å². The van der Waals surface area contributed by atoms with Crippen LogP contribution in [0.25, 0.3) is 0 Å². The molecule has 0 radical (unpaired) electrons. The third-order valence-corrected chi connectivity index (χ3v) is 2.02. The van der Waals surface area contributed by atoms with Crippen molar-refractivity contribution in [1.29, 1.82) is 0 Å². The molecule has 0 saturated heterocycles. The first-order chi connectivity index (χ1) is 5.12. The predicted molar refractivity (Wildman–Crippen MR) is 49.9 cm³/mol. The monoisotopic (exact) mass is 191 g/mol. The predicted octanol–water partition coefficient (Wildman–Crippen LogP) is 2.39. The smallest absolute Gasteiger partial charge is 0.109 e. The first-order valence-corrected chi connectivity index (χ1v) is 4.41. The van der Waals surface area contributed by atoms with Crippen molar-refractivity contribution < 1.29 is 0 Å². The Morgan fingerprint density at radius 2 is 2.18 bits per heavy atom. The quantitative estimate of drug-likeness (QED) is 0.668. The number of hydrogen-bond acceptors (Lipinski definition) is 1. The molecule has 2 N–H and O–H groups in total. The molecule has 0 aromatic carbocycles. The van der Waals surface area contributed by atoms with Gasteiger partial charge in [0.05, 0.1) is 0 Å². The molecule has 1 aliphatic rings. The second-order valence-corrected chi connectivity index (χ2v) is 4.10. The fourth-order valence-corrected chi connectivity index (χ4v) is 1.69. The maximum atomic E-state index is 5.95. The van der Waals surface area contributed by atoms with E-state index in [1.807, 2.05) is 24.3 Å². The summed E-state index contributed by atoms with van der Waals surface area (Å²) in [6.45, 7) is 0. The standard InChI is InChI=1S/C8H11Cl2N/c9-7(10)6-8(11)4-2-1-3-5-8/h1-4,7H,5-6,11H2. The van der Waals surface area contributed by atoms with E-state index in [-0.39, 0.29) is 10.4 Å². The van der Waals surface area contributed by atoms with Crippen molar-refractivity contribution >= 4 is 23.2 Å². The Labute approximate surface area is 76.9 Å². The van der Waals surface area contributed by atoms with Crippen LogP contribution in [0.15, 0.2) is 24.3 Å². The maximum absolute atomic E-state index is 5.95. The van der Waals surface area contributed by atoms with Gasteiger partial charge in [-0.05, 0) is 12.8 Å². The summed E-state index contributed by atoms with van der Waals surface area (Å²) in [5.41, 5.74) is 5.62. The SMILES string of the molecule is NC1(CC(Cl)Cl)C=CC=CC1. The molecule has 0 bridgehead atoms. The second-order valence-electron chi connectivity index (χ2n) is 2.82. The second kappa shape index (κ2) is 3.61. The number of alkyl halides is 2. The van der Waals surface area contributed by atoms with E-state index in [9.17, 15) is 0 Å². The van der Waals surface area contributed by atoms with Crippen LogP contribution in [0, 0.1) is 0 Å². The topological polar surface area (TPSA) is 26.0 Å². The summed E-state index contributed by atoms with van der Waals surface area (Å²) in [5.74, 6) is 0. The molecular weight excluding hydrogens is 181 g/mol. The lowest BCUT2D eigenvalue weighted by molar-refractivity contribution is 0.506. The first kappa shape index (κ1) is 9.11. The van der Waals surface area contributed by atoms with Crippen molar-refractivity contribution in [3.63, 3.8) is 0 Å². The summed E-state index contributed by atoms with van der Waals surface area (Å²) < 4.78 is 0. The van der Waals surface area contributed by atoms with E-state index in [0.717, 1.165) is 6.42 Å². The van der Waals surface area contributed by atoms with E-state index in [2.05, 4.69) is 0 Å². The van der Waals surface area contributed by atoms with Gasteiger partial charge in [0, 0.05) is 5.54 Å².